The summed E-state index contributed by atoms with van der Waals surface area (Å²) in [6.45, 7) is 9.65. The second-order valence-corrected chi connectivity index (χ2v) is 7.99. The number of hydrogen-bond acceptors (Lipinski definition) is 4. The number of guanidine groups is 1. The highest BCUT2D eigenvalue weighted by Crippen LogP contribution is 2.19. The molecule has 1 saturated heterocycles. The fourth-order valence-electron chi connectivity index (χ4n) is 4.11. The smallest absolute Gasteiger partial charge is 0.191 e. The second kappa shape index (κ2) is 12.0. The Bertz CT molecular complexity index is 1020. The van der Waals surface area contributed by atoms with Gasteiger partial charge in [-0.2, -0.15) is 0 Å². The zero-order valence-electron chi connectivity index (χ0n) is 19.0. The van der Waals surface area contributed by atoms with Crippen molar-refractivity contribution in [2.24, 2.45) is 4.99 Å². The Labute approximate surface area is 207 Å². The minimum absolute atomic E-state index is 0. The van der Waals surface area contributed by atoms with E-state index in [0.717, 1.165) is 62.3 Å². The molecular weight excluding hydrogens is 513 g/mol. The second-order valence-electron chi connectivity index (χ2n) is 7.99. The van der Waals surface area contributed by atoms with E-state index in [-0.39, 0.29) is 24.0 Å². The van der Waals surface area contributed by atoms with Gasteiger partial charge in [0.25, 0.3) is 0 Å². The third kappa shape index (κ3) is 6.11. The Morgan fingerprint density at radius 2 is 1.94 bits per heavy atom. The molecule has 172 valence electrons. The number of aliphatic imine (C=N–C) groups is 1. The van der Waals surface area contributed by atoms with Crippen LogP contribution in [0.4, 0.5) is 5.82 Å². The first-order valence-corrected chi connectivity index (χ1v) is 11.4. The molecule has 0 radical (unpaired) electrons. The number of halogens is 1. The van der Waals surface area contributed by atoms with Crippen LogP contribution in [0.5, 0.6) is 0 Å². The predicted octanol–water partition coefficient (Wildman–Crippen LogP) is 4.10. The topological polar surface area (TPSA) is 70.4 Å². The van der Waals surface area contributed by atoms with Gasteiger partial charge in [-0.25, -0.2) is 15.0 Å². The number of hydrogen-bond donors (Lipinski definition) is 2. The molecule has 0 saturated carbocycles. The molecule has 1 aliphatic heterocycles. The summed E-state index contributed by atoms with van der Waals surface area (Å²) in [4.78, 5) is 16.3. The van der Waals surface area contributed by atoms with Crippen molar-refractivity contribution in [1.29, 1.82) is 0 Å². The standard InChI is InChI=1S/C24H33N7.HI/c1-3-25-24(28-18-20-11-13-26-23(17-20)30-14-6-7-15-30)27-12-8-16-31-19(2)29-21-9-4-5-10-22(21)31;/h4-5,9-11,13,17H,3,6-8,12,14-16,18H2,1-2H3,(H2,25,27,28);1H. The van der Waals surface area contributed by atoms with Crippen LogP contribution < -0.4 is 15.5 Å². The molecule has 3 heterocycles. The maximum absolute atomic E-state index is 4.78. The fraction of sp³-hybridized carbons (Fsp3) is 0.458. The molecule has 0 unspecified atom stereocenters. The van der Waals surface area contributed by atoms with Crippen LogP contribution in [0.25, 0.3) is 11.0 Å². The van der Waals surface area contributed by atoms with Gasteiger partial charge in [-0.15, -0.1) is 24.0 Å². The van der Waals surface area contributed by atoms with Crippen molar-refractivity contribution in [3.63, 3.8) is 0 Å². The van der Waals surface area contributed by atoms with Crippen molar-refractivity contribution in [2.45, 2.75) is 46.2 Å². The summed E-state index contributed by atoms with van der Waals surface area (Å²) in [5.74, 6) is 2.99. The van der Waals surface area contributed by atoms with Crippen LogP contribution in [-0.4, -0.2) is 46.7 Å². The number of aromatic nitrogens is 3. The number of para-hydroxylation sites is 2. The summed E-state index contributed by atoms with van der Waals surface area (Å²) in [6, 6.07) is 12.5. The van der Waals surface area contributed by atoms with Crippen LogP contribution in [0.3, 0.4) is 0 Å². The Kier molecular flexibility index (Phi) is 9.13. The minimum Gasteiger partial charge on any atom is -0.357 e. The maximum atomic E-state index is 4.78. The number of pyridine rings is 1. The van der Waals surface area contributed by atoms with E-state index in [0.29, 0.717) is 6.54 Å². The van der Waals surface area contributed by atoms with E-state index in [4.69, 9.17) is 4.99 Å². The first-order valence-electron chi connectivity index (χ1n) is 11.4. The van der Waals surface area contributed by atoms with Gasteiger partial charge in [0.1, 0.15) is 11.6 Å². The highest BCUT2D eigenvalue weighted by Gasteiger charge is 2.13. The molecule has 0 aliphatic carbocycles. The van der Waals surface area contributed by atoms with Crippen molar-refractivity contribution in [3.05, 3.63) is 54.0 Å². The van der Waals surface area contributed by atoms with E-state index >= 15 is 0 Å². The van der Waals surface area contributed by atoms with E-state index in [9.17, 15) is 0 Å². The number of imidazole rings is 1. The summed E-state index contributed by atoms with van der Waals surface area (Å²) in [5.41, 5.74) is 3.45. The average Bonchev–Trinajstić information content (AvgIpc) is 3.43. The number of nitrogens with one attached hydrogen (secondary N) is 2. The molecular formula is C24H34IN7. The van der Waals surface area contributed by atoms with E-state index < -0.39 is 0 Å². The molecule has 32 heavy (non-hydrogen) atoms. The van der Waals surface area contributed by atoms with Gasteiger partial charge in [0.2, 0.25) is 0 Å². The molecule has 1 aromatic carbocycles. The normalized spacial score (nSPS) is 13.9. The van der Waals surface area contributed by atoms with Crippen LogP contribution in [-0.2, 0) is 13.1 Å². The summed E-state index contributed by atoms with van der Waals surface area (Å²) < 4.78 is 2.29. The highest BCUT2D eigenvalue weighted by molar-refractivity contribution is 14.0. The maximum Gasteiger partial charge on any atom is 0.191 e. The number of aryl methyl sites for hydroxylation is 2. The lowest BCUT2D eigenvalue weighted by Crippen LogP contribution is -2.38. The lowest BCUT2D eigenvalue weighted by molar-refractivity contribution is 0.624. The van der Waals surface area contributed by atoms with Gasteiger partial charge >= 0.3 is 0 Å². The average molecular weight is 547 g/mol. The van der Waals surface area contributed by atoms with Crippen LogP contribution in [0.1, 0.15) is 37.6 Å². The van der Waals surface area contributed by atoms with E-state index in [1.807, 2.05) is 12.3 Å². The van der Waals surface area contributed by atoms with Crippen LogP contribution >= 0.6 is 24.0 Å². The van der Waals surface area contributed by atoms with Crippen LogP contribution in [0.2, 0.25) is 0 Å². The number of anilines is 1. The molecule has 2 N–H and O–H groups in total. The van der Waals surface area contributed by atoms with Gasteiger partial charge in [-0.05, 0) is 62.9 Å². The predicted molar refractivity (Wildman–Crippen MR) is 143 cm³/mol. The summed E-state index contributed by atoms with van der Waals surface area (Å²) in [5, 5.41) is 6.82. The van der Waals surface area contributed by atoms with Crippen LogP contribution in [0.15, 0.2) is 47.6 Å². The third-order valence-corrected chi connectivity index (χ3v) is 5.70. The number of nitrogens with zero attached hydrogens (tertiary/aromatic N) is 5. The largest absolute Gasteiger partial charge is 0.357 e. The first kappa shape index (κ1) is 24.3. The van der Waals surface area contributed by atoms with Gasteiger partial charge in [-0.3, -0.25) is 0 Å². The van der Waals surface area contributed by atoms with Gasteiger partial charge in [0, 0.05) is 38.9 Å². The number of rotatable bonds is 8. The van der Waals surface area contributed by atoms with Crippen LogP contribution in [0, 0.1) is 6.92 Å². The molecule has 1 aliphatic rings. The molecule has 0 amide bonds. The highest BCUT2D eigenvalue weighted by atomic mass is 127. The Morgan fingerprint density at radius 1 is 1.12 bits per heavy atom. The molecule has 4 rings (SSSR count). The molecule has 0 atom stereocenters. The zero-order chi connectivity index (χ0) is 21.5. The Morgan fingerprint density at radius 3 is 2.75 bits per heavy atom. The van der Waals surface area contributed by atoms with E-state index in [1.54, 1.807) is 0 Å². The quantitative estimate of drug-likeness (QED) is 0.192. The molecule has 0 bridgehead atoms. The molecule has 0 spiro atoms. The Balaban J connectivity index is 0.00000289. The Hall–Kier alpha value is -2.36. The molecule has 2 aromatic heterocycles. The summed E-state index contributed by atoms with van der Waals surface area (Å²) >= 11 is 0. The monoisotopic (exact) mass is 547 g/mol. The van der Waals surface area contributed by atoms with Crippen molar-refractivity contribution >= 4 is 46.8 Å². The fourth-order valence-corrected chi connectivity index (χ4v) is 4.11. The lowest BCUT2D eigenvalue weighted by Gasteiger charge is -2.16. The number of fused-ring (bicyclic) bond motifs is 1. The first-order chi connectivity index (χ1) is 15.2. The van der Waals surface area contributed by atoms with Gasteiger partial charge in [-0.1, -0.05) is 12.1 Å². The van der Waals surface area contributed by atoms with E-state index in [2.05, 4.69) is 74.2 Å². The zero-order valence-corrected chi connectivity index (χ0v) is 21.4. The minimum atomic E-state index is 0. The SMILES string of the molecule is CCNC(=NCc1ccnc(N2CCCC2)c1)NCCCn1c(C)nc2ccccc21.I. The third-order valence-electron chi connectivity index (χ3n) is 5.70. The molecule has 7 nitrogen and oxygen atoms in total. The summed E-state index contributed by atoms with van der Waals surface area (Å²) in [6.07, 6.45) is 5.41. The molecule has 1 fully saturated rings. The van der Waals surface area contributed by atoms with Crippen molar-refractivity contribution in [2.75, 3.05) is 31.1 Å². The van der Waals surface area contributed by atoms with Crippen molar-refractivity contribution in [3.8, 4) is 0 Å². The van der Waals surface area contributed by atoms with Crippen molar-refractivity contribution in [1.82, 2.24) is 25.2 Å². The van der Waals surface area contributed by atoms with Gasteiger partial charge < -0.3 is 20.1 Å². The number of benzene rings is 1. The van der Waals surface area contributed by atoms with Crippen molar-refractivity contribution < 1.29 is 0 Å². The lowest BCUT2D eigenvalue weighted by atomic mass is 10.2. The summed E-state index contributed by atoms with van der Waals surface area (Å²) in [7, 11) is 0. The van der Waals surface area contributed by atoms with E-state index in [1.165, 1.54) is 23.9 Å². The molecule has 3 aromatic rings. The molecule has 8 heteroatoms. The van der Waals surface area contributed by atoms with Gasteiger partial charge in [0.05, 0.1) is 17.6 Å². The van der Waals surface area contributed by atoms with Gasteiger partial charge in [0.15, 0.2) is 5.96 Å².